The highest BCUT2D eigenvalue weighted by Crippen LogP contribution is 2.25. The molecule has 0 aliphatic rings. The number of halogens is 2. The average Bonchev–Trinajstić information content (AvgIpc) is 2.41. The average molecular weight is 295 g/mol. The molecule has 0 saturated carbocycles. The molecule has 0 aliphatic carbocycles. The number of carbonyl (C=O) groups is 1. The van der Waals surface area contributed by atoms with Crippen LogP contribution in [-0.4, -0.2) is 13.0 Å². The molecule has 0 spiro atoms. The molecular weight excluding hydrogens is 283 g/mol. The van der Waals surface area contributed by atoms with Gasteiger partial charge in [0, 0.05) is 11.3 Å². The lowest BCUT2D eigenvalue weighted by Gasteiger charge is -2.09. The molecule has 0 bridgehead atoms. The molecule has 20 heavy (non-hydrogen) atoms. The van der Waals surface area contributed by atoms with Crippen molar-refractivity contribution in [1.29, 1.82) is 0 Å². The first-order chi connectivity index (χ1) is 9.51. The number of nitrogen functional groups attached to an aromatic ring is 1. The molecule has 4 nitrogen and oxygen atoms in total. The lowest BCUT2D eigenvalue weighted by molar-refractivity contribution is 0.102. The Labute approximate surface area is 120 Å². The maximum absolute atomic E-state index is 13.5. The topological polar surface area (TPSA) is 64.3 Å². The van der Waals surface area contributed by atoms with Crippen molar-refractivity contribution in [3.63, 3.8) is 0 Å². The number of hydrogen-bond donors (Lipinski definition) is 2. The van der Waals surface area contributed by atoms with Crippen molar-refractivity contribution in [2.24, 2.45) is 0 Å². The van der Waals surface area contributed by atoms with Crippen LogP contribution >= 0.6 is 11.6 Å². The molecule has 0 fully saturated rings. The van der Waals surface area contributed by atoms with Crippen LogP contribution in [0.15, 0.2) is 36.4 Å². The summed E-state index contributed by atoms with van der Waals surface area (Å²) in [5.74, 6) is -1.01. The van der Waals surface area contributed by atoms with E-state index in [0.717, 1.165) is 6.07 Å². The molecule has 104 valence electrons. The van der Waals surface area contributed by atoms with Crippen molar-refractivity contribution >= 4 is 28.9 Å². The molecule has 0 aliphatic heterocycles. The number of ether oxygens (including phenoxy) is 1. The summed E-state index contributed by atoms with van der Waals surface area (Å²) in [6, 6.07) is 8.65. The Morgan fingerprint density at radius 3 is 2.65 bits per heavy atom. The lowest BCUT2D eigenvalue weighted by Crippen LogP contribution is -2.12. The van der Waals surface area contributed by atoms with E-state index in [2.05, 4.69) is 5.32 Å². The molecule has 0 aromatic heterocycles. The van der Waals surface area contributed by atoms with Crippen LogP contribution in [-0.2, 0) is 0 Å². The summed E-state index contributed by atoms with van der Waals surface area (Å²) in [7, 11) is 1.35. The third-order valence-corrected chi connectivity index (χ3v) is 2.97. The maximum atomic E-state index is 13.5. The van der Waals surface area contributed by atoms with Gasteiger partial charge in [0.2, 0.25) is 0 Å². The molecule has 2 aromatic rings. The van der Waals surface area contributed by atoms with E-state index in [4.69, 9.17) is 22.1 Å². The van der Waals surface area contributed by atoms with E-state index >= 15 is 0 Å². The van der Waals surface area contributed by atoms with Crippen LogP contribution < -0.4 is 15.8 Å². The first-order valence-electron chi connectivity index (χ1n) is 5.71. The second-order valence-corrected chi connectivity index (χ2v) is 4.45. The van der Waals surface area contributed by atoms with Crippen LogP contribution in [0.25, 0.3) is 0 Å². The quantitative estimate of drug-likeness (QED) is 0.854. The lowest BCUT2D eigenvalue weighted by atomic mass is 10.2. The van der Waals surface area contributed by atoms with Crippen LogP contribution in [0.5, 0.6) is 5.75 Å². The Morgan fingerprint density at radius 1 is 1.30 bits per heavy atom. The number of benzene rings is 2. The monoisotopic (exact) mass is 294 g/mol. The highest BCUT2D eigenvalue weighted by molar-refractivity contribution is 6.34. The van der Waals surface area contributed by atoms with Gasteiger partial charge in [0.05, 0.1) is 17.8 Å². The molecule has 0 heterocycles. The minimum absolute atomic E-state index is 0.0760. The van der Waals surface area contributed by atoms with Gasteiger partial charge in [0.1, 0.15) is 0 Å². The number of nitrogens with one attached hydrogen (secondary N) is 1. The van der Waals surface area contributed by atoms with Gasteiger partial charge >= 0.3 is 0 Å². The fraction of sp³-hybridized carbons (Fsp3) is 0.0714. The highest BCUT2D eigenvalue weighted by Gasteiger charge is 2.11. The number of hydrogen-bond acceptors (Lipinski definition) is 3. The summed E-state index contributed by atoms with van der Waals surface area (Å²) < 4.78 is 18.3. The molecule has 0 radical (unpaired) electrons. The first kappa shape index (κ1) is 14.1. The minimum atomic E-state index is -0.608. The Morgan fingerprint density at radius 2 is 2.05 bits per heavy atom. The maximum Gasteiger partial charge on any atom is 0.255 e. The van der Waals surface area contributed by atoms with Gasteiger partial charge in [0.15, 0.2) is 11.6 Å². The number of methoxy groups -OCH3 is 1. The summed E-state index contributed by atoms with van der Waals surface area (Å²) in [6.07, 6.45) is 0. The highest BCUT2D eigenvalue weighted by atomic mass is 35.5. The molecular formula is C14H12ClFN2O2. The van der Waals surface area contributed by atoms with Crippen LogP contribution in [0.3, 0.4) is 0 Å². The number of carbonyl (C=O) groups excluding carboxylic acids is 1. The Balaban J connectivity index is 2.21. The van der Waals surface area contributed by atoms with Gasteiger partial charge < -0.3 is 15.8 Å². The summed E-state index contributed by atoms with van der Waals surface area (Å²) >= 11 is 5.95. The zero-order chi connectivity index (χ0) is 14.7. The number of rotatable bonds is 3. The number of nitrogens with two attached hydrogens (primary N) is 1. The van der Waals surface area contributed by atoms with E-state index in [0.29, 0.717) is 16.4 Å². The van der Waals surface area contributed by atoms with Crippen LogP contribution in [0, 0.1) is 5.82 Å². The summed E-state index contributed by atoms with van der Waals surface area (Å²) in [4.78, 5) is 12.0. The summed E-state index contributed by atoms with van der Waals surface area (Å²) in [5, 5.41) is 2.90. The molecule has 1 amide bonds. The van der Waals surface area contributed by atoms with Crippen molar-refractivity contribution in [2.45, 2.75) is 0 Å². The molecule has 2 aromatic carbocycles. The Hall–Kier alpha value is -2.27. The van der Waals surface area contributed by atoms with E-state index in [1.54, 1.807) is 12.1 Å². The van der Waals surface area contributed by atoms with Gasteiger partial charge in [-0.1, -0.05) is 11.6 Å². The normalized spacial score (nSPS) is 10.2. The molecule has 6 heteroatoms. The third kappa shape index (κ3) is 3.00. The minimum Gasteiger partial charge on any atom is -0.494 e. The number of amides is 1. The van der Waals surface area contributed by atoms with E-state index in [1.165, 1.54) is 25.3 Å². The van der Waals surface area contributed by atoms with E-state index in [9.17, 15) is 9.18 Å². The van der Waals surface area contributed by atoms with Crippen molar-refractivity contribution in [1.82, 2.24) is 0 Å². The largest absolute Gasteiger partial charge is 0.494 e. The van der Waals surface area contributed by atoms with Crippen molar-refractivity contribution in [2.75, 3.05) is 18.2 Å². The first-order valence-corrected chi connectivity index (χ1v) is 6.09. The molecule has 0 atom stereocenters. The predicted octanol–water partition coefficient (Wildman–Crippen LogP) is 3.32. The fourth-order valence-electron chi connectivity index (χ4n) is 1.63. The predicted molar refractivity (Wildman–Crippen MR) is 76.8 cm³/mol. The van der Waals surface area contributed by atoms with Gasteiger partial charge in [-0.05, 0) is 36.4 Å². The van der Waals surface area contributed by atoms with Gasteiger partial charge in [-0.25, -0.2) is 4.39 Å². The van der Waals surface area contributed by atoms with E-state index in [1.807, 2.05) is 0 Å². The fourth-order valence-corrected chi connectivity index (χ4v) is 1.87. The van der Waals surface area contributed by atoms with Crippen molar-refractivity contribution < 1.29 is 13.9 Å². The summed E-state index contributed by atoms with van der Waals surface area (Å²) in [5.41, 5.74) is 6.62. The van der Waals surface area contributed by atoms with E-state index < -0.39 is 11.7 Å². The van der Waals surface area contributed by atoms with Crippen molar-refractivity contribution in [3.8, 4) is 5.75 Å². The Kier molecular flexibility index (Phi) is 4.10. The van der Waals surface area contributed by atoms with Gasteiger partial charge in [0.25, 0.3) is 5.91 Å². The van der Waals surface area contributed by atoms with Crippen molar-refractivity contribution in [3.05, 3.63) is 52.8 Å². The van der Waals surface area contributed by atoms with Gasteiger partial charge in [-0.15, -0.1) is 0 Å². The van der Waals surface area contributed by atoms with Crippen LogP contribution in [0.1, 0.15) is 10.4 Å². The third-order valence-electron chi connectivity index (χ3n) is 2.66. The molecule has 0 saturated heterocycles. The molecule has 2 rings (SSSR count). The zero-order valence-electron chi connectivity index (χ0n) is 10.6. The van der Waals surface area contributed by atoms with E-state index in [-0.39, 0.29) is 11.3 Å². The van der Waals surface area contributed by atoms with Gasteiger partial charge in [-0.2, -0.15) is 0 Å². The van der Waals surface area contributed by atoms with Gasteiger partial charge in [-0.3, -0.25) is 4.79 Å². The van der Waals surface area contributed by atoms with Crippen LogP contribution in [0.2, 0.25) is 5.02 Å². The standard InChI is InChI=1S/C14H12ClFN2O2/c1-20-13-5-2-8(6-11(13)16)14(19)18-12-4-3-9(17)7-10(12)15/h2-7H,17H2,1H3,(H,18,19). The smallest absolute Gasteiger partial charge is 0.255 e. The summed E-state index contributed by atoms with van der Waals surface area (Å²) in [6.45, 7) is 0. The number of anilines is 2. The second kappa shape index (κ2) is 5.79. The Bertz CT molecular complexity index is 662. The zero-order valence-corrected chi connectivity index (χ0v) is 11.4. The SMILES string of the molecule is COc1ccc(C(=O)Nc2ccc(N)cc2Cl)cc1F. The molecule has 3 N–H and O–H groups in total. The second-order valence-electron chi connectivity index (χ2n) is 4.04. The van der Waals surface area contributed by atoms with Crippen LogP contribution in [0.4, 0.5) is 15.8 Å². The molecule has 0 unspecified atom stereocenters.